The number of benzene rings is 2. The Kier molecular flexibility index (Phi) is 5.41. The van der Waals surface area contributed by atoms with Gasteiger partial charge in [0.1, 0.15) is 17.3 Å². The largest absolute Gasteiger partial charge is 0.497 e. The summed E-state index contributed by atoms with van der Waals surface area (Å²) in [5.74, 6) is 1.95. The summed E-state index contributed by atoms with van der Waals surface area (Å²) in [6.45, 7) is 3.35. The Labute approximate surface area is 152 Å². The van der Waals surface area contributed by atoms with Crippen LogP contribution in [0.1, 0.15) is 22.6 Å². The van der Waals surface area contributed by atoms with E-state index in [1.807, 2.05) is 25.1 Å². The van der Waals surface area contributed by atoms with E-state index in [1.165, 1.54) is 0 Å². The molecule has 2 aromatic carbocycles. The number of ether oxygens (including phenoxy) is 2. The van der Waals surface area contributed by atoms with E-state index in [4.69, 9.17) is 9.47 Å². The van der Waals surface area contributed by atoms with Gasteiger partial charge in [0.15, 0.2) is 0 Å². The van der Waals surface area contributed by atoms with Gasteiger partial charge in [0.25, 0.3) is 5.91 Å². The zero-order valence-corrected chi connectivity index (χ0v) is 15.3. The van der Waals surface area contributed by atoms with Crippen molar-refractivity contribution in [3.63, 3.8) is 0 Å². The second kappa shape index (κ2) is 7.91. The Morgan fingerprint density at radius 2 is 1.96 bits per heavy atom. The molecular formula is C20H23N3O3. The molecule has 0 aliphatic carbocycles. The molecule has 0 unspecified atom stereocenters. The van der Waals surface area contributed by atoms with Gasteiger partial charge in [0.2, 0.25) is 0 Å². The first-order valence-electron chi connectivity index (χ1n) is 8.56. The lowest BCUT2D eigenvalue weighted by Gasteiger charge is -2.11. The molecule has 0 radical (unpaired) electrons. The third-order valence-corrected chi connectivity index (χ3v) is 4.34. The van der Waals surface area contributed by atoms with Crippen molar-refractivity contribution in [1.29, 1.82) is 0 Å². The van der Waals surface area contributed by atoms with Crippen LogP contribution >= 0.6 is 0 Å². The average Bonchev–Trinajstić information content (AvgIpc) is 2.99. The van der Waals surface area contributed by atoms with E-state index in [-0.39, 0.29) is 5.91 Å². The Balaban J connectivity index is 1.61. The molecule has 0 spiro atoms. The molecular weight excluding hydrogens is 330 g/mol. The van der Waals surface area contributed by atoms with Gasteiger partial charge < -0.3 is 19.4 Å². The van der Waals surface area contributed by atoms with E-state index < -0.39 is 0 Å². The average molecular weight is 353 g/mol. The molecule has 3 aromatic rings. The van der Waals surface area contributed by atoms with Gasteiger partial charge in [-0.2, -0.15) is 0 Å². The summed E-state index contributed by atoms with van der Waals surface area (Å²) in [6, 6.07) is 13.3. The highest BCUT2D eigenvalue weighted by Crippen LogP contribution is 2.23. The number of carbonyl (C=O) groups excluding carboxylic acids is 1. The van der Waals surface area contributed by atoms with Crippen molar-refractivity contribution in [2.75, 3.05) is 20.8 Å². The van der Waals surface area contributed by atoms with Crippen LogP contribution in [-0.4, -0.2) is 36.2 Å². The van der Waals surface area contributed by atoms with Crippen molar-refractivity contribution in [2.24, 2.45) is 0 Å². The Bertz CT molecular complexity index is 918. The van der Waals surface area contributed by atoms with Crippen LogP contribution in [-0.2, 0) is 6.54 Å². The number of para-hydroxylation sites is 2. The predicted octanol–water partition coefficient (Wildman–Crippen LogP) is 3.18. The normalized spacial score (nSPS) is 10.7. The standard InChI is InChI=1S/C20H23N3O3/c1-14-22-17-7-4-5-8-18(17)23(14)12-6-11-21-20(24)16-13-15(25-2)9-10-19(16)26-3/h4-5,7-10,13H,6,11-12H2,1-3H3,(H,21,24). The van der Waals surface area contributed by atoms with E-state index in [2.05, 4.69) is 20.9 Å². The summed E-state index contributed by atoms with van der Waals surface area (Å²) in [5.41, 5.74) is 2.58. The molecule has 1 heterocycles. The lowest BCUT2D eigenvalue weighted by Crippen LogP contribution is -2.25. The van der Waals surface area contributed by atoms with Crippen molar-refractivity contribution in [2.45, 2.75) is 19.9 Å². The number of nitrogens with zero attached hydrogens (tertiary/aromatic N) is 2. The van der Waals surface area contributed by atoms with Crippen molar-refractivity contribution in [1.82, 2.24) is 14.9 Å². The van der Waals surface area contributed by atoms with Gasteiger partial charge in [-0.05, 0) is 43.7 Å². The molecule has 0 aliphatic heterocycles. The summed E-state index contributed by atoms with van der Waals surface area (Å²) in [4.78, 5) is 17.0. The summed E-state index contributed by atoms with van der Waals surface area (Å²) < 4.78 is 12.6. The molecule has 1 N–H and O–H groups in total. The summed E-state index contributed by atoms with van der Waals surface area (Å²) in [6.07, 6.45) is 0.805. The number of nitrogens with one attached hydrogen (secondary N) is 1. The predicted molar refractivity (Wildman–Crippen MR) is 101 cm³/mol. The Morgan fingerprint density at radius 1 is 1.15 bits per heavy atom. The number of hydrogen-bond acceptors (Lipinski definition) is 4. The number of carbonyl (C=O) groups is 1. The molecule has 1 amide bonds. The van der Waals surface area contributed by atoms with Gasteiger partial charge in [0.05, 0.1) is 30.8 Å². The third-order valence-electron chi connectivity index (χ3n) is 4.34. The van der Waals surface area contributed by atoms with E-state index >= 15 is 0 Å². The molecule has 0 fully saturated rings. The van der Waals surface area contributed by atoms with Crippen molar-refractivity contribution >= 4 is 16.9 Å². The monoisotopic (exact) mass is 353 g/mol. The molecule has 0 atom stereocenters. The van der Waals surface area contributed by atoms with E-state index in [0.29, 0.717) is 23.6 Å². The zero-order valence-electron chi connectivity index (χ0n) is 15.3. The first-order chi connectivity index (χ1) is 12.6. The summed E-state index contributed by atoms with van der Waals surface area (Å²) in [5, 5.41) is 2.95. The Morgan fingerprint density at radius 3 is 2.73 bits per heavy atom. The highest BCUT2D eigenvalue weighted by molar-refractivity contribution is 5.97. The fourth-order valence-electron chi connectivity index (χ4n) is 3.00. The maximum absolute atomic E-state index is 12.5. The van der Waals surface area contributed by atoms with Crippen LogP contribution in [0.2, 0.25) is 0 Å². The highest BCUT2D eigenvalue weighted by atomic mass is 16.5. The zero-order chi connectivity index (χ0) is 18.5. The van der Waals surface area contributed by atoms with Crippen LogP contribution in [0.25, 0.3) is 11.0 Å². The highest BCUT2D eigenvalue weighted by Gasteiger charge is 2.13. The maximum atomic E-state index is 12.5. The van der Waals surface area contributed by atoms with Crippen LogP contribution in [0.3, 0.4) is 0 Å². The van der Waals surface area contributed by atoms with Gasteiger partial charge in [-0.3, -0.25) is 4.79 Å². The second-order valence-electron chi connectivity index (χ2n) is 5.98. The first-order valence-corrected chi connectivity index (χ1v) is 8.56. The fraction of sp³-hybridized carbons (Fsp3) is 0.300. The fourth-order valence-corrected chi connectivity index (χ4v) is 3.00. The van der Waals surface area contributed by atoms with Crippen LogP contribution in [0.15, 0.2) is 42.5 Å². The van der Waals surface area contributed by atoms with Gasteiger partial charge in [-0.25, -0.2) is 4.98 Å². The Hall–Kier alpha value is -3.02. The van der Waals surface area contributed by atoms with Gasteiger partial charge >= 0.3 is 0 Å². The van der Waals surface area contributed by atoms with E-state index in [0.717, 1.165) is 29.8 Å². The lowest BCUT2D eigenvalue weighted by molar-refractivity contribution is 0.0949. The number of methoxy groups -OCH3 is 2. The number of aromatic nitrogens is 2. The van der Waals surface area contributed by atoms with Gasteiger partial charge in [0, 0.05) is 13.1 Å². The molecule has 6 heteroatoms. The summed E-state index contributed by atoms with van der Waals surface area (Å²) in [7, 11) is 3.12. The second-order valence-corrected chi connectivity index (χ2v) is 5.98. The number of aryl methyl sites for hydroxylation is 2. The lowest BCUT2D eigenvalue weighted by atomic mass is 10.1. The van der Waals surface area contributed by atoms with Crippen LogP contribution in [0.4, 0.5) is 0 Å². The van der Waals surface area contributed by atoms with E-state index in [1.54, 1.807) is 32.4 Å². The number of fused-ring (bicyclic) bond motifs is 1. The number of hydrogen-bond donors (Lipinski definition) is 1. The number of imidazole rings is 1. The third kappa shape index (κ3) is 3.64. The molecule has 0 bridgehead atoms. The van der Waals surface area contributed by atoms with Gasteiger partial charge in [-0.15, -0.1) is 0 Å². The molecule has 0 aliphatic rings. The minimum atomic E-state index is -0.173. The van der Waals surface area contributed by atoms with Crippen LogP contribution < -0.4 is 14.8 Å². The molecule has 1 aromatic heterocycles. The van der Waals surface area contributed by atoms with Crippen molar-refractivity contribution in [3.05, 3.63) is 53.9 Å². The molecule has 136 valence electrons. The topological polar surface area (TPSA) is 65.4 Å². The van der Waals surface area contributed by atoms with E-state index in [9.17, 15) is 4.79 Å². The maximum Gasteiger partial charge on any atom is 0.255 e. The van der Waals surface area contributed by atoms with Crippen LogP contribution in [0, 0.1) is 6.92 Å². The smallest absolute Gasteiger partial charge is 0.255 e. The molecule has 6 nitrogen and oxygen atoms in total. The van der Waals surface area contributed by atoms with Crippen LogP contribution in [0.5, 0.6) is 11.5 Å². The van der Waals surface area contributed by atoms with Gasteiger partial charge in [-0.1, -0.05) is 12.1 Å². The summed E-state index contributed by atoms with van der Waals surface area (Å²) >= 11 is 0. The molecule has 0 saturated heterocycles. The first kappa shape index (κ1) is 17.8. The quantitative estimate of drug-likeness (QED) is 0.663. The number of rotatable bonds is 7. The minimum Gasteiger partial charge on any atom is -0.497 e. The van der Waals surface area contributed by atoms with Crippen molar-refractivity contribution < 1.29 is 14.3 Å². The minimum absolute atomic E-state index is 0.173. The number of amides is 1. The molecule has 26 heavy (non-hydrogen) atoms. The molecule has 3 rings (SSSR count). The molecule has 0 saturated carbocycles. The SMILES string of the molecule is COc1ccc(OC)c(C(=O)NCCCn2c(C)nc3ccccc32)c1. The van der Waals surface area contributed by atoms with Crippen molar-refractivity contribution in [3.8, 4) is 11.5 Å².